The van der Waals surface area contributed by atoms with E-state index in [1.54, 1.807) is 12.1 Å². The summed E-state index contributed by atoms with van der Waals surface area (Å²) in [6.45, 7) is 12.0. The third-order valence-corrected chi connectivity index (χ3v) is 5.12. The van der Waals surface area contributed by atoms with Crippen molar-refractivity contribution in [2.24, 2.45) is 16.7 Å². The van der Waals surface area contributed by atoms with Gasteiger partial charge in [-0.05, 0) is 66.5 Å². The number of hydrogen-bond donors (Lipinski definition) is 0. The van der Waals surface area contributed by atoms with Gasteiger partial charge in [0.25, 0.3) is 0 Å². The van der Waals surface area contributed by atoms with Gasteiger partial charge in [-0.2, -0.15) is 13.2 Å². The third kappa shape index (κ3) is 6.94. The molecular weight excluding hydrogens is 337 g/mol. The molecule has 0 aliphatic carbocycles. The molecule has 148 valence electrons. The lowest BCUT2D eigenvalue weighted by Gasteiger charge is -2.37. The molecule has 1 aromatic rings. The van der Waals surface area contributed by atoms with Crippen LogP contribution in [0, 0.1) is 16.7 Å². The first-order valence-corrected chi connectivity index (χ1v) is 9.62. The molecule has 0 radical (unpaired) electrons. The van der Waals surface area contributed by atoms with E-state index in [2.05, 4.69) is 34.6 Å². The monoisotopic (exact) mass is 370 g/mol. The predicted octanol–water partition coefficient (Wildman–Crippen LogP) is 6.90. The Morgan fingerprint density at radius 2 is 1.58 bits per heavy atom. The smallest absolute Gasteiger partial charge is 0.378 e. The lowest BCUT2D eigenvalue weighted by molar-refractivity contribution is -0.137. The average Bonchev–Trinajstić information content (AvgIpc) is 2.44. The summed E-state index contributed by atoms with van der Waals surface area (Å²) in [5.74, 6) is 0.704. The van der Waals surface area contributed by atoms with E-state index in [-0.39, 0.29) is 11.5 Å². The number of benzene rings is 1. The van der Waals surface area contributed by atoms with Crippen LogP contribution in [0.1, 0.15) is 71.4 Å². The van der Waals surface area contributed by atoms with E-state index in [0.29, 0.717) is 11.3 Å². The molecule has 2 atom stereocenters. The van der Waals surface area contributed by atoms with Crippen LogP contribution < -0.4 is 0 Å². The van der Waals surface area contributed by atoms with Crippen LogP contribution in [-0.4, -0.2) is 12.7 Å². The zero-order valence-corrected chi connectivity index (χ0v) is 16.7. The van der Waals surface area contributed by atoms with Crippen molar-refractivity contribution in [1.29, 1.82) is 0 Å². The topological polar surface area (TPSA) is 9.23 Å². The van der Waals surface area contributed by atoms with Crippen LogP contribution in [0.15, 0.2) is 24.3 Å². The molecule has 1 heterocycles. The number of rotatable bonds is 5. The third-order valence-electron chi connectivity index (χ3n) is 5.12. The molecule has 0 aromatic heterocycles. The van der Waals surface area contributed by atoms with Gasteiger partial charge in [-0.1, -0.05) is 46.8 Å². The summed E-state index contributed by atoms with van der Waals surface area (Å²) in [7, 11) is 0. The Kier molecular flexibility index (Phi) is 6.48. The van der Waals surface area contributed by atoms with Gasteiger partial charge in [-0.3, -0.25) is 0 Å². The maximum atomic E-state index is 12.7. The number of hydrogen-bond acceptors (Lipinski definition) is 1. The van der Waals surface area contributed by atoms with Crippen molar-refractivity contribution in [3.8, 4) is 0 Å². The van der Waals surface area contributed by atoms with E-state index in [1.165, 1.54) is 18.6 Å². The summed E-state index contributed by atoms with van der Waals surface area (Å²) in [6.07, 6.45) is 1.11. The molecule has 2 unspecified atom stereocenters. The van der Waals surface area contributed by atoms with Gasteiger partial charge in [0, 0.05) is 6.61 Å². The molecule has 0 spiro atoms. The highest BCUT2D eigenvalue weighted by Gasteiger charge is 2.32. The van der Waals surface area contributed by atoms with Crippen LogP contribution in [0.5, 0.6) is 0 Å². The van der Waals surface area contributed by atoms with Crippen molar-refractivity contribution in [2.45, 2.75) is 79.0 Å². The van der Waals surface area contributed by atoms with Crippen molar-refractivity contribution in [1.82, 2.24) is 0 Å². The minimum atomic E-state index is -4.27. The number of alkyl halides is 3. The Bertz CT molecular complexity index is 567. The molecule has 0 amide bonds. The first-order chi connectivity index (χ1) is 11.8. The van der Waals surface area contributed by atoms with E-state index in [0.717, 1.165) is 37.9 Å². The molecule has 0 bridgehead atoms. The summed E-state index contributed by atoms with van der Waals surface area (Å²) in [4.78, 5) is 0. The molecule has 4 heteroatoms. The molecule has 1 fully saturated rings. The van der Waals surface area contributed by atoms with Crippen LogP contribution in [0.3, 0.4) is 0 Å². The summed E-state index contributed by atoms with van der Waals surface area (Å²) >= 11 is 0. The molecule has 1 aromatic carbocycles. The van der Waals surface area contributed by atoms with Gasteiger partial charge in [0.2, 0.25) is 0 Å². The highest BCUT2D eigenvalue weighted by atomic mass is 19.4. The van der Waals surface area contributed by atoms with Crippen LogP contribution >= 0.6 is 0 Å². The Labute approximate surface area is 156 Å². The second-order valence-corrected chi connectivity index (χ2v) is 9.89. The van der Waals surface area contributed by atoms with Crippen LogP contribution in [0.25, 0.3) is 0 Å². The lowest BCUT2D eigenvalue weighted by atomic mass is 9.75. The van der Waals surface area contributed by atoms with E-state index in [1.807, 2.05) is 0 Å². The van der Waals surface area contributed by atoms with Crippen molar-refractivity contribution in [2.75, 3.05) is 6.61 Å². The van der Waals surface area contributed by atoms with E-state index < -0.39 is 11.7 Å². The normalized spacial score (nSPS) is 22.5. The Hall–Kier alpha value is -1.03. The fourth-order valence-corrected chi connectivity index (χ4v) is 4.21. The maximum Gasteiger partial charge on any atom is 0.416 e. The molecule has 0 saturated carbocycles. The molecule has 1 aliphatic rings. The van der Waals surface area contributed by atoms with Crippen molar-refractivity contribution in [3.63, 3.8) is 0 Å². The zero-order chi connectivity index (χ0) is 19.6. The molecule has 26 heavy (non-hydrogen) atoms. The summed E-state index contributed by atoms with van der Waals surface area (Å²) < 4.78 is 44.1. The first-order valence-electron chi connectivity index (χ1n) is 9.62. The number of ether oxygens (including phenoxy) is 1. The fraction of sp³-hybridized carbons (Fsp3) is 0.727. The van der Waals surface area contributed by atoms with Gasteiger partial charge in [0.15, 0.2) is 0 Å². The molecule has 1 aliphatic heterocycles. The minimum Gasteiger partial charge on any atom is -0.378 e. The standard InChI is InChI=1S/C22H33F3O/c1-20(2,3)13-17-10-11-26-19(12-17)15-21(4,5)14-16-6-8-18(9-7-16)22(23,24)25/h6-9,17,19H,10-15H2,1-5H3. The van der Waals surface area contributed by atoms with Crippen LogP contribution in [-0.2, 0) is 17.3 Å². The quantitative estimate of drug-likeness (QED) is 0.548. The van der Waals surface area contributed by atoms with E-state index in [4.69, 9.17) is 4.74 Å². The van der Waals surface area contributed by atoms with Gasteiger partial charge in [-0.15, -0.1) is 0 Å². The Morgan fingerprint density at radius 3 is 2.12 bits per heavy atom. The Balaban J connectivity index is 1.93. The maximum absolute atomic E-state index is 12.7. The van der Waals surface area contributed by atoms with Crippen LogP contribution in [0.4, 0.5) is 13.2 Å². The van der Waals surface area contributed by atoms with E-state index >= 15 is 0 Å². The first kappa shape index (κ1) is 21.3. The van der Waals surface area contributed by atoms with Gasteiger partial charge in [-0.25, -0.2) is 0 Å². The second-order valence-electron chi connectivity index (χ2n) is 9.89. The molecule has 0 N–H and O–H groups in total. The predicted molar refractivity (Wildman–Crippen MR) is 100 cm³/mol. The van der Waals surface area contributed by atoms with Crippen molar-refractivity contribution in [3.05, 3.63) is 35.4 Å². The molecular formula is C22H33F3O. The molecule has 2 rings (SSSR count). The van der Waals surface area contributed by atoms with Crippen molar-refractivity contribution >= 4 is 0 Å². The van der Waals surface area contributed by atoms with Crippen LogP contribution in [0.2, 0.25) is 0 Å². The zero-order valence-electron chi connectivity index (χ0n) is 16.7. The fourth-order valence-electron chi connectivity index (χ4n) is 4.21. The highest BCUT2D eigenvalue weighted by molar-refractivity contribution is 5.25. The molecule has 1 saturated heterocycles. The van der Waals surface area contributed by atoms with Gasteiger partial charge in [0.1, 0.15) is 0 Å². The van der Waals surface area contributed by atoms with Gasteiger partial charge < -0.3 is 4.74 Å². The summed E-state index contributed by atoms with van der Waals surface area (Å²) in [5, 5.41) is 0. The minimum absolute atomic E-state index is 0.00591. The summed E-state index contributed by atoms with van der Waals surface area (Å²) in [5.41, 5.74) is 0.695. The van der Waals surface area contributed by atoms with Gasteiger partial charge >= 0.3 is 6.18 Å². The lowest BCUT2D eigenvalue weighted by Crippen LogP contribution is -2.32. The SMILES string of the molecule is CC(C)(C)CC1CCOC(CC(C)(C)Cc2ccc(C(F)(F)F)cc2)C1. The average molecular weight is 370 g/mol. The van der Waals surface area contributed by atoms with Crippen molar-refractivity contribution < 1.29 is 17.9 Å². The van der Waals surface area contributed by atoms with E-state index in [9.17, 15) is 13.2 Å². The number of halogens is 3. The summed E-state index contributed by atoms with van der Waals surface area (Å²) in [6, 6.07) is 5.58. The highest BCUT2D eigenvalue weighted by Crippen LogP contribution is 2.37. The Morgan fingerprint density at radius 1 is 0.962 bits per heavy atom. The molecule has 1 nitrogen and oxygen atoms in total. The van der Waals surface area contributed by atoms with Gasteiger partial charge in [0.05, 0.1) is 11.7 Å². The largest absolute Gasteiger partial charge is 0.416 e. The second kappa shape index (κ2) is 7.92.